The minimum absolute atomic E-state index is 0.113. The molecule has 20 heavy (non-hydrogen) atoms. The first-order valence-electron chi connectivity index (χ1n) is 5.87. The van der Waals surface area contributed by atoms with Gasteiger partial charge in [-0.1, -0.05) is 6.08 Å². The average Bonchev–Trinajstić information content (AvgIpc) is 2.93. The lowest BCUT2D eigenvalue weighted by atomic mass is 9.98. The Morgan fingerprint density at radius 1 is 1.35 bits per heavy atom. The number of rotatable bonds is 2. The summed E-state index contributed by atoms with van der Waals surface area (Å²) >= 11 is 0. The van der Waals surface area contributed by atoms with Crippen molar-refractivity contribution < 1.29 is 19.7 Å². The van der Waals surface area contributed by atoms with E-state index in [0.29, 0.717) is 11.1 Å². The van der Waals surface area contributed by atoms with Crippen LogP contribution in [0.4, 0.5) is 10.3 Å². The van der Waals surface area contributed by atoms with Crippen LogP contribution < -0.4 is 5.73 Å². The molecule has 2 heterocycles. The summed E-state index contributed by atoms with van der Waals surface area (Å²) in [5.74, 6) is -0.823. The molecule has 106 valence electrons. The molecule has 9 heteroatoms. The third-order valence-electron chi connectivity index (χ3n) is 3.40. The highest BCUT2D eigenvalue weighted by atomic mass is 19.1. The van der Waals surface area contributed by atoms with Crippen molar-refractivity contribution in [2.24, 2.45) is 0 Å². The number of aromatic nitrogens is 4. The fourth-order valence-electron chi connectivity index (χ4n) is 2.39. The van der Waals surface area contributed by atoms with Crippen LogP contribution in [0.1, 0.15) is 11.5 Å². The molecule has 0 aromatic carbocycles. The third kappa shape index (κ3) is 1.75. The molecular formula is C11H12FN5O3. The number of nitrogens with zero attached hydrogens (tertiary/aromatic N) is 4. The van der Waals surface area contributed by atoms with Crippen LogP contribution in [0.5, 0.6) is 0 Å². The fraction of sp³-hybridized carbons (Fsp3) is 0.364. The molecule has 0 saturated carbocycles. The van der Waals surface area contributed by atoms with Gasteiger partial charge < -0.3 is 21.1 Å². The van der Waals surface area contributed by atoms with Crippen LogP contribution >= 0.6 is 0 Å². The monoisotopic (exact) mass is 281 g/mol. The normalized spacial score (nSPS) is 26.2. The van der Waals surface area contributed by atoms with Crippen molar-refractivity contribution in [1.82, 2.24) is 19.6 Å². The molecule has 0 aliphatic heterocycles. The van der Waals surface area contributed by atoms with Gasteiger partial charge in [0.2, 0.25) is 5.95 Å². The molecule has 5 N–H and O–H groups in total. The van der Waals surface area contributed by atoms with E-state index in [4.69, 9.17) is 10.8 Å². The van der Waals surface area contributed by atoms with Gasteiger partial charge in [-0.2, -0.15) is 24.0 Å². The Morgan fingerprint density at radius 3 is 2.75 bits per heavy atom. The van der Waals surface area contributed by atoms with Crippen molar-refractivity contribution in [3.8, 4) is 0 Å². The van der Waals surface area contributed by atoms with Crippen molar-refractivity contribution in [3.05, 3.63) is 29.5 Å². The van der Waals surface area contributed by atoms with E-state index in [9.17, 15) is 14.6 Å². The van der Waals surface area contributed by atoms with Crippen molar-refractivity contribution >= 4 is 11.6 Å². The van der Waals surface area contributed by atoms with Crippen molar-refractivity contribution in [2.75, 3.05) is 12.3 Å². The first-order valence-corrected chi connectivity index (χ1v) is 5.87. The first-order chi connectivity index (χ1) is 9.52. The van der Waals surface area contributed by atoms with E-state index in [1.54, 1.807) is 0 Å². The molecule has 0 saturated heterocycles. The van der Waals surface area contributed by atoms with Crippen molar-refractivity contribution in [2.45, 2.75) is 18.1 Å². The number of aliphatic hydroxyl groups excluding tert-OH is 3. The van der Waals surface area contributed by atoms with Gasteiger partial charge in [-0.05, 0) is 5.57 Å². The van der Waals surface area contributed by atoms with E-state index in [1.165, 1.54) is 12.3 Å². The van der Waals surface area contributed by atoms with Gasteiger partial charge in [-0.3, -0.25) is 0 Å². The Balaban J connectivity index is 2.14. The van der Waals surface area contributed by atoms with Gasteiger partial charge in [0, 0.05) is 11.5 Å². The maximum Gasteiger partial charge on any atom is 0.313 e. The molecule has 3 unspecified atom stereocenters. The van der Waals surface area contributed by atoms with Gasteiger partial charge in [0.1, 0.15) is 6.10 Å². The van der Waals surface area contributed by atoms with E-state index < -0.39 is 24.2 Å². The van der Waals surface area contributed by atoms with Gasteiger partial charge >= 0.3 is 6.08 Å². The highest BCUT2D eigenvalue weighted by molar-refractivity contribution is 5.54. The number of halogens is 1. The van der Waals surface area contributed by atoms with E-state index >= 15 is 0 Å². The molecular weight excluding hydrogens is 269 g/mol. The smallest absolute Gasteiger partial charge is 0.313 e. The highest BCUT2D eigenvalue weighted by Gasteiger charge is 2.37. The number of anilines is 1. The van der Waals surface area contributed by atoms with Gasteiger partial charge in [-0.15, -0.1) is 0 Å². The quantitative estimate of drug-likeness (QED) is 0.497. The number of fused-ring (bicyclic) bond motifs is 1. The lowest BCUT2D eigenvalue weighted by molar-refractivity contribution is 0.0407. The van der Waals surface area contributed by atoms with Gasteiger partial charge in [0.15, 0.2) is 5.65 Å². The zero-order valence-corrected chi connectivity index (χ0v) is 10.2. The molecule has 1 aliphatic rings. The number of hydrogen-bond acceptors (Lipinski definition) is 7. The minimum Gasteiger partial charge on any atom is -0.392 e. The zero-order chi connectivity index (χ0) is 14.4. The molecule has 0 amide bonds. The number of nitrogens with two attached hydrogens (primary N) is 1. The van der Waals surface area contributed by atoms with E-state index in [0.717, 1.165) is 4.52 Å². The topological polar surface area (TPSA) is 130 Å². The molecule has 8 nitrogen and oxygen atoms in total. The lowest BCUT2D eigenvalue weighted by Crippen LogP contribution is -2.27. The largest absolute Gasteiger partial charge is 0.392 e. The number of hydrogen-bond donors (Lipinski definition) is 4. The highest BCUT2D eigenvalue weighted by Crippen LogP contribution is 2.35. The van der Waals surface area contributed by atoms with Crippen LogP contribution in [0.3, 0.4) is 0 Å². The molecule has 2 aromatic heterocycles. The Bertz CT molecular complexity index is 701. The van der Waals surface area contributed by atoms with Crippen molar-refractivity contribution in [1.29, 1.82) is 0 Å². The molecule has 3 rings (SSSR count). The lowest BCUT2D eigenvalue weighted by Gasteiger charge is -2.16. The van der Waals surface area contributed by atoms with Crippen LogP contribution in [0.25, 0.3) is 5.65 Å². The van der Waals surface area contributed by atoms with Crippen molar-refractivity contribution in [3.63, 3.8) is 0 Å². The van der Waals surface area contributed by atoms with Crippen LogP contribution in [0, 0.1) is 6.08 Å². The Kier molecular flexibility index (Phi) is 2.89. The zero-order valence-electron chi connectivity index (χ0n) is 10.2. The van der Waals surface area contributed by atoms with Crippen LogP contribution in [0.15, 0.2) is 17.8 Å². The predicted octanol–water partition coefficient (Wildman–Crippen LogP) is -1.42. The van der Waals surface area contributed by atoms with Gasteiger partial charge in [0.25, 0.3) is 0 Å². The SMILES string of the molecule is Nc1nc(F)nc2c(C3C=C(CO)C(O)C3O)cnn12. The number of aliphatic hydroxyl groups is 3. The summed E-state index contributed by atoms with van der Waals surface area (Å²) in [5, 5.41) is 32.8. The standard InChI is InChI=1S/C11H12FN5O3/c12-10-15-9-6(2-14-17(9)11(13)16-10)5-1-4(3-18)7(19)8(5)20/h1-2,5,7-8,18-20H,3H2,(H2,13,15,16). The Labute approximate surface area is 112 Å². The molecule has 0 radical (unpaired) electrons. The summed E-state index contributed by atoms with van der Waals surface area (Å²) in [6.07, 6.45) is -0.454. The Morgan fingerprint density at radius 2 is 2.10 bits per heavy atom. The second-order valence-electron chi connectivity index (χ2n) is 4.55. The maximum atomic E-state index is 13.2. The maximum absolute atomic E-state index is 13.2. The summed E-state index contributed by atoms with van der Waals surface area (Å²) in [6, 6.07) is 0. The van der Waals surface area contributed by atoms with Gasteiger partial charge in [-0.25, -0.2) is 0 Å². The minimum atomic E-state index is -1.18. The molecule has 0 spiro atoms. The summed E-state index contributed by atoms with van der Waals surface area (Å²) in [4.78, 5) is 6.95. The Hall–Kier alpha value is -2.10. The second kappa shape index (κ2) is 4.47. The van der Waals surface area contributed by atoms with E-state index in [1.807, 2.05) is 0 Å². The summed E-state index contributed by atoms with van der Waals surface area (Å²) in [5.41, 5.74) is 6.33. The molecule has 1 aliphatic carbocycles. The average molecular weight is 281 g/mol. The van der Waals surface area contributed by atoms with Gasteiger partial charge in [0.05, 0.1) is 18.9 Å². The van der Waals surface area contributed by atoms with Crippen LogP contribution in [0.2, 0.25) is 0 Å². The first kappa shape index (κ1) is 12.9. The fourth-order valence-corrected chi connectivity index (χ4v) is 2.39. The molecule has 3 atom stereocenters. The molecule has 0 bridgehead atoms. The molecule has 0 fully saturated rings. The van der Waals surface area contributed by atoms with E-state index in [-0.39, 0.29) is 18.2 Å². The summed E-state index contributed by atoms with van der Waals surface area (Å²) < 4.78 is 14.4. The van der Waals surface area contributed by atoms with E-state index in [2.05, 4.69) is 15.1 Å². The summed E-state index contributed by atoms with van der Waals surface area (Å²) in [6.45, 7) is -0.376. The molecule has 2 aromatic rings. The number of nitrogen functional groups attached to an aromatic ring is 1. The predicted molar refractivity (Wildman–Crippen MR) is 65.1 cm³/mol. The third-order valence-corrected chi connectivity index (χ3v) is 3.40. The summed E-state index contributed by atoms with van der Waals surface area (Å²) in [7, 11) is 0. The van der Waals surface area contributed by atoms with Crippen LogP contribution in [-0.2, 0) is 0 Å². The second-order valence-corrected chi connectivity index (χ2v) is 4.55. The van der Waals surface area contributed by atoms with Crippen LogP contribution in [-0.4, -0.2) is 53.7 Å².